The Labute approximate surface area is 169 Å². The molecule has 3 aromatic rings. The normalized spacial score (nSPS) is 13.5. The lowest BCUT2D eigenvalue weighted by molar-refractivity contribution is -0.110. The smallest absolute Gasteiger partial charge is 0.198 e. The number of aromatic nitrogens is 1. The summed E-state index contributed by atoms with van der Waals surface area (Å²) < 4.78 is 7.53. The van der Waals surface area contributed by atoms with Gasteiger partial charge in [0.2, 0.25) is 0 Å². The Hall–Kier alpha value is -3.98. The van der Waals surface area contributed by atoms with Crippen LogP contribution >= 0.6 is 0 Å². The van der Waals surface area contributed by atoms with Gasteiger partial charge in [-0.1, -0.05) is 30.3 Å². The fourth-order valence-corrected chi connectivity index (χ4v) is 3.17. The Kier molecular flexibility index (Phi) is 6.33. The summed E-state index contributed by atoms with van der Waals surface area (Å²) in [6.07, 6.45) is 4.29. The Morgan fingerprint density at radius 2 is 1.69 bits per heavy atom. The summed E-state index contributed by atoms with van der Waals surface area (Å²) >= 11 is 0. The molecule has 0 fully saturated rings. The second kappa shape index (κ2) is 9.29. The molecule has 3 rings (SSSR count). The zero-order valence-corrected chi connectivity index (χ0v) is 15.9. The Bertz CT molecular complexity index is 1000. The molecular weight excluding hydrogens is 366 g/mol. The van der Waals surface area contributed by atoms with E-state index in [0.717, 1.165) is 6.29 Å². The van der Waals surface area contributed by atoms with Crippen LogP contribution in [-0.2, 0) is 4.79 Å². The third-order valence-electron chi connectivity index (χ3n) is 4.59. The van der Waals surface area contributed by atoms with Gasteiger partial charge in [0.05, 0.1) is 11.5 Å². The molecule has 2 atom stereocenters. The van der Waals surface area contributed by atoms with Gasteiger partial charge in [-0.05, 0) is 42.0 Å². The molecule has 6 heteroatoms. The molecule has 1 aromatic heterocycles. The fourth-order valence-electron chi connectivity index (χ4n) is 3.17. The highest BCUT2D eigenvalue weighted by Crippen LogP contribution is 2.36. The molecule has 0 bridgehead atoms. The number of nitriles is 1. The SMILES string of the molecule is CN/C(O)=C(/C#N)[C@H](c1ccc(Oc2ccccc2)cc1)[C@H](C=O)n1cccc1. The van der Waals surface area contributed by atoms with E-state index in [4.69, 9.17) is 4.74 Å². The number of aliphatic hydroxyl groups is 1. The number of aldehydes is 1. The van der Waals surface area contributed by atoms with Crippen molar-refractivity contribution in [1.82, 2.24) is 9.88 Å². The van der Waals surface area contributed by atoms with Crippen LogP contribution in [0.1, 0.15) is 17.5 Å². The highest BCUT2D eigenvalue weighted by atomic mass is 16.5. The van der Waals surface area contributed by atoms with Crippen molar-refractivity contribution in [2.75, 3.05) is 7.05 Å². The number of allylic oxidation sites excluding steroid dienone is 1. The van der Waals surface area contributed by atoms with Crippen LogP contribution in [0.2, 0.25) is 0 Å². The van der Waals surface area contributed by atoms with Crippen molar-refractivity contribution in [3.8, 4) is 17.6 Å². The molecule has 0 spiro atoms. The van der Waals surface area contributed by atoms with E-state index in [9.17, 15) is 15.2 Å². The van der Waals surface area contributed by atoms with Crippen molar-refractivity contribution in [3.63, 3.8) is 0 Å². The number of benzene rings is 2. The zero-order chi connectivity index (χ0) is 20.6. The van der Waals surface area contributed by atoms with Gasteiger partial charge in [-0.15, -0.1) is 0 Å². The number of hydrogen-bond donors (Lipinski definition) is 2. The van der Waals surface area contributed by atoms with E-state index in [1.165, 1.54) is 7.05 Å². The van der Waals surface area contributed by atoms with Crippen molar-refractivity contribution < 1.29 is 14.6 Å². The summed E-state index contributed by atoms with van der Waals surface area (Å²) in [5.74, 6) is 0.396. The second-order valence-electron chi connectivity index (χ2n) is 6.34. The number of hydrogen-bond acceptors (Lipinski definition) is 5. The molecule has 2 aromatic carbocycles. The van der Waals surface area contributed by atoms with Gasteiger partial charge in [-0.3, -0.25) is 0 Å². The number of ether oxygens (including phenoxy) is 1. The fraction of sp³-hybridized carbons (Fsp3) is 0.130. The maximum atomic E-state index is 12.0. The number of carbonyl (C=O) groups is 1. The molecule has 0 radical (unpaired) electrons. The van der Waals surface area contributed by atoms with Gasteiger partial charge in [-0.25, -0.2) is 0 Å². The van der Waals surface area contributed by atoms with Gasteiger partial charge in [-0.2, -0.15) is 5.26 Å². The summed E-state index contributed by atoms with van der Waals surface area (Å²) in [4.78, 5) is 12.0. The van der Waals surface area contributed by atoms with Crippen LogP contribution in [0.4, 0.5) is 0 Å². The predicted octanol–water partition coefficient (Wildman–Crippen LogP) is 4.32. The lowest BCUT2D eigenvalue weighted by Gasteiger charge is -2.25. The van der Waals surface area contributed by atoms with Gasteiger partial charge >= 0.3 is 0 Å². The largest absolute Gasteiger partial charge is 0.494 e. The molecule has 0 unspecified atom stereocenters. The van der Waals surface area contributed by atoms with Gasteiger partial charge in [0.15, 0.2) is 5.88 Å². The average Bonchev–Trinajstić information content (AvgIpc) is 3.29. The Balaban J connectivity index is 2.00. The van der Waals surface area contributed by atoms with Crippen molar-refractivity contribution >= 4 is 6.29 Å². The van der Waals surface area contributed by atoms with Crippen molar-refractivity contribution in [3.05, 3.63) is 96.1 Å². The summed E-state index contributed by atoms with van der Waals surface area (Å²) in [5, 5.41) is 22.5. The first kappa shape index (κ1) is 19.8. The second-order valence-corrected chi connectivity index (χ2v) is 6.34. The van der Waals surface area contributed by atoms with Gasteiger partial charge in [0.25, 0.3) is 0 Å². The number of nitrogens with one attached hydrogen (secondary N) is 1. The first-order valence-electron chi connectivity index (χ1n) is 9.09. The van der Waals surface area contributed by atoms with E-state index in [1.807, 2.05) is 36.4 Å². The van der Waals surface area contributed by atoms with Gasteiger partial charge in [0.1, 0.15) is 29.9 Å². The highest BCUT2D eigenvalue weighted by Gasteiger charge is 2.30. The molecule has 0 saturated carbocycles. The number of carbonyl (C=O) groups excluding carboxylic acids is 1. The zero-order valence-electron chi connectivity index (χ0n) is 15.9. The molecule has 0 aliphatic carbocycles. The standard InChI is InChI=1S/C23H21N3O3/c1-25-23(28)20(15-24)22(21(16-27)26-13-5-6-14-26)17-9-11-19(12-10-17)29-18-7-3-2-4-8-18/h2-14,16,21-22,25,28H,1H3/b23-20+/t21-,22-/m0/s1. The van der Waals surface area contributed by atoms with Crippen LogP contribution in [0.5, 0.6) is 11.5 Å². The van der Waals surface area contributed by atoms with Crippen LogP contribution in [-0.4, -0.2) is 23.0 Å². The maximum Gasteiger partial charge on any atom is 0.198 e. The number of para-hydroxylation sites is 1. The van der Waals surface area contributed by atoms with Crippen LogP contribution in [0, 0.1) is 11.3 Å². The first-order chi connectivity index (χ1) is 14.2. The van der Waals surface area contributed by atoms with Crippen LogP contribution < -0.4 is 10.1 Å². The summed E-state index contributed by atoms with van der Waals surface area (Å²) in [7, 11) is 1.52. The minimum absolute atomic E-state index is 0.0787. The minimum atomic E-state index is -0.698. The summed E-state index contributed by atoms with van der Waals surface area (Å²) in [5.41, 5.74) is 0.782. The first-order valence-corrected chi connectivity index (χ1v) is 9.09. The van der Waals surface area contributed by atoms with E-state index >= 15 is 0 Å². The van der Waals surface area contributed by atoms with Crippen LogP contribution in [0.3, 0.4) is 0 Å². The van der Waals surface area contributed by atoms with E-state index in [0.29, 0.717) is 17.1 Å². The topological polar surface area (TPSA) is 87.3 Å². The van der Waals surface area contributed by atoms with Gasteiger partial charge < -0.3 is 24.5 Å². The van der Waals surface area contributed by atoms with Crippen LogP contribution in [0.25, 0.3) is 0 Å². The Morgan fingerprint density at radius 1 is 1.07 bits per heavy atom. The number of nitrogens with zero attached hydrogens (tertiary/aromatic N) is 2. The molecule has 0 saturated heterocycles. The predicted molar refractivity (Wildman–Crippen MR) is 110 cm³/mol. The summed E-state index contributed by atoms with van der Waals surface area (Å²) in [6, 6.07) is 21.5. The van der Waals surface area contributed by atoms with E-state index in [1.54, 1.807) is 53.4 Å². The highest BCUT2D eigenvalue weighted by molar-refractivity contribution is 5.62. The van der Waals surface area contributed by atoms with Crippen molar-refractivity contribution in [2.24, 2.45) is 0 Å². The van der Waals surface area contributed by atoms with E-state index in [2.05, 4.69) is 5.32 Å². The maximum absolute atomic E-state index is 12.0. The number of aliphatic hydroxyl groups excluding tert-OH is 1. The van der Waals surface area contributed by atoms with E-state index < -0.39 is 12.0 Å². The molecule has 2 N–H and O–H groups in total. The molecule has 0 amide bonds. The molecule has 1 heterocycles. The Morgan fingerprint density at radius 3 is 2.24 bits per heavy atom. The third-order valence-corrected chi connectivity index (χ3v) is 4.59. The quantitative estimate of drug-likeness (QED) is 0.341. The molecule has 6 nitrogen and oxygen atoms in total. The molecule has 0 aliphatic rings. The molecule has 0 aliphatic heterocycles. The van der Waals surface area contributed by atoms with Crippen molar-refractivity contribution in [2.45, 2.75) is 12.0 Å². The summed E-state index contributed by atoms with van der Waals surface area (Å²) in [6.45, 7) is 0. The lowest BCUT2D eigenvalue weighted by Crippen LogP contribution is -2.23. The monoisotopic (exact) mass is 387 g/mol. The van der Waals surface area contributed by atoms with Crippen molar-refractivity contribution in [1.29, 1.82) is 5.26 Å². The molecule has 146 valence electrons. The van der Waals surface area contributed by atoms with E-state index in [-0.39, 0.29) is 11.5 Å². The number of rotatable bonds is 8. The third kappa shape index (κ3) is 4.47. The van der Waals surface area contributed by atoms with Crippen LogP contribution in [0.15, 0.2) is 90.6 Å². The average molecular weight is 387 g/mol. The minimum Gasteiger partial charge on any atom is -0.494 e. The lowest BCUT2D eigenvalue weighted by atomic mass is 9.85. The molecule has 29 heavy (non-hydrogen) atoms. The molecular formula is C23H21N3O3. The van der Waals surface area contributed by atoms with Gasteiger partial charge in [0, 0.05) is 19.4 Å².